The third-order valence-corrected chi connectivity index (χ3v) is 4.48. The average Bonchev–Trinajstić information content (AvgIpc) is 2.89. The molecule has 2 N–H and O–H groups in total. The third-order valence-electron chi connectivity index (χ3n) is 2.79. The van der Waals surface area contributed by atoms with Crippen molar-refractivity contribution in [2.24, 2.45) is 5.73 Å². The van der Waals surface area contributed by atoms with E-state index in [1.165, 1.54) is 4.88 Å². The molecule has 0 aromatic carbocycles. The first-order valence-corrected chi connectivity index (χ1v) is 7.25. The SMILES string of the molecule is CCC(N)C(c1ccc(Br)s1)n1ccc(C)n1. The van der Waals surface area contributed by atoms with Crippen molar-refractivity contribution in [3.63, 3.8) is 0 Å². The number of rotatable bonds is 4. The number of nitrogens with two attached hydrogens (primary N) is 1. The molecule has 2 aromatic rings. The van der Waals surface area contributed by atoms with E-state index < -0.39 is 0 Å². The monoisotopic (exact) mass is 313 g/mol. The van der Waals surface area contributed by atoms with Crippen LogP contribution in [0.2, 0.25) is 0 Å². The fraction of sp³-hybridized carbons (Fsp3) is 0.417. The first-order valence-electron chi connectivity index (χ1n) is 5.64. The fourth-order valence-electron chi connectivity index (χ4n) is 1.84. The van der Waals surface area contributed by atoms with Gasteiger partial charge in [0.25, 0.3) is 0 Å². The van der Waals surface area contributed by atoms with E-state index in [1.807, 2.05) is 23.9 Å². The Morgan fingerprint density at radius 3 is 2.71 bits per heavy atom. The molecular weight excluding hydrogens is 298 g/mol. The smallest absolute Gasteiger partial charge is 0.101 e. The van der Waals surface area contributed by atoms with Crippen molar-refractivity contribution in [1.82, 2.24) is 9.78 Å². The molecule has 2 atom stereocenters. The maximum atomic E-state index is 6.23. The number of thiophene rings is 1. The van der Waals surface area contributed by atoms with Gasteiger partial charge < -0.3 is 5.73 Å². The Morgan fingerprint density at radius 1 is 1.47 bits per heavy atom. The lowest BCUT2D eigenvalue weighted by atomic mass is 10.1. The Morgan fingerprint density at radius 2 is 2.24 bits per heavy atom. The maximum absolute atomic E-state index is 6.23. The second-order valence-corrected chi connectivity index (χ2v) is 6.59. The molecule has 0 saturated heterocycles. The molecule has 0 fully saturated rings. The molecule has 0 bridgehead atoms. The molecule has 2 rings (SSSR count). The van der Waals surface area contributed by atoms with Crippen LogP contribution in [0.25, 0.3) is 0 Å². The van der Waals surface area contributed by atoms with Crippen molar-refractivity contribution < 1.29 is 0 Å². The van der Waals surface area contributed by atoms with E-state index in [-0.39, 0.29) is 12.1 Å². The molecule has 0 aliphatic rings. The predicted octanol–water partition coefficient (Wildman–Crippen LogP) is 3.34. The van der Waals surface area contributed by atoms with E-state index >= 15 is 0 Å². The van der Waals surface area contributed by atoms with Gasteiger partial charge in [-0.25, -0.2) is 0 Å². The summed E-state index contributed by atoms with van der Waals surface area (Å²) in [5, 5.41) is 4.49. The van der Waals surface area contributed by atoms with Crippen LogP contribution in [-0.2, 0) is 0 Å². The lowest BCUT2D eigenvalue weighted by Gasteiger charge is -2.22. The van der Waals surface area contributed by atoms with Crippen LogP contribution < -0.4 is 5.73 Å². The number of hydrogen-bond acceptors (Lipinski definition) is 3. The van der Waals surface area contributed by atoms with E-state index in [0.717, 1.165) is 15.9 Å². The molecule has 5 heteroatoms. The Kier molecular flexibility index (Phi) is 4.01. The number of nitrogens with zero attached hydrogens (tertiary/aromatic N) is 2. The van der Waals surface area contributed by atoms with Gasteiger partial charge in [-0.2, -0.15) is 5.10 Å². The Balaban J connectivity index is 2.38. The van der Waals surface area contributed by atoms with Gasteiger partial charge in [0, 0.05) is 17.1 Å². The van der Waals surface area contributed by atoms with Crippen LogP contribution in [0.3, 0.4) is 0 Å². The molecule has 2 aromatic heterocycles. The van der Waals surface area contributed by atoms with Crippen LogP contribution in [0.4, 0.5) is 0 Å². The molecule has 0 saturated carbocycles. The molecule has 3 nitrogen and oxygen atoms in total. The molecule has 0 radical (unpaired) electrons. The first-order chi connectivity index (χ1) is 8.11. The number of aromatic nitrogens is 2. The van der Waals surface area contributed by atoms with Crippen molar-refractivity contribution in [1.29, 1.82) is 0 Å². The van der Waals surface area contributed by atoms with Gasteiger partial charge in [-0.3, -0.25) is 4.68 Å². The molecule has 0 amide bonds. The highest BCUT2D eigenvalue weighted by molar-refractivity contribution is 9.11. The van der Waals surface area contributed by atoms with Gasteiger partial charge in [0.15, 0.2) is 0 Å². The van der Waals surface area contributed by atoms with Crippen molar-refractivity contribution in [2.75, 3.05) is 0 Å². The molecule has 2 heterocycles. The average molecular weight is 314 g/mol. The summed E-state index contributed by atoms with van der Waals surface area (Å²) in [4.78, 5) is 1.24. The Labute approximate surface area is 114 Å². The van der Waals surface area contributed by atoms with Crippen molar-refractivity contribution >= 4 is 27.3 Å². The number of aryl methyl sites for hydroxylation is 1. The third kappa shape index (κ3) is 2.78. The minimum absolute atomic E-state index is 0.0832. The van der Waals surface area contributed by atoms with Gasteiger partial charge in [0.05, 0.1) is 9.48 Å². The number of halogens is 1. The Hall–Kier alpha value is -0.650. The summed E-state index contributed by atoms with van der Waals surface area (Å²) in [5.41, 5.74) is 7.25. The summed E-state index contributed by atoms with van der Waals surface area (Å²) in [6, 6.07) is 6.40. The summed E-state index contributed by atoms with van der Waals surface area (Å²) in [5.74, 6) is 0. The zero-order valence-corrected chi connectivity index (χ0v) is 12.3. The van der Waals surface area contributed by atoms with E-state index in [2.05, 4.69) is 40.1 Å². The second kappa shape index (κ2) is 5.33. The van der Waals surface area contributed by atoms with E-state index in [4.69, 9.17) is 5.73 Å². The standard InChI is InChI=1S/C12H16BrN3S/c1-3-9(14)12(10-4-5-11(13)17-10)16-7-6-8(2)15-16/h4-7,9,12H,3,14H2,1-2H3. The van der Waals surface area contributed by atoms with Gasteiger partial charge in [-0.05, 0) is 47.5 Å². The molecule has 92 valence electrons. The van der Waals surface area contributed by atoms with Crippen molar-refractivity contribution in [3.05, 3.63) is 38.8 Å². The Bertz CT molecular complexity index is 451. The summed E-state index contributed by atoms with van der Waals surface area (Å²) in [7, 11) is 0. The summed E-state index contributed by atoms with van der Waals surface area (Å²) in [6.07, 6.45) is 2.93. The zero-order chi connectivity index (χ0) is 12.4. The minimum Gasteiger partial charge on any atom is -0.326 e. The fourth-order valence-corrected chi connectivity index (χ4v) is 3.43. The summed E-state index contributed by atoms with van der Waals surface area (Å²) >= 11 is 5.22. The highest BCUT2D eigenvalue weighted by atomic mass is 79.9. The molecule has 2 unspecified atom stereocenters. The van der Waals surface area contributed by atoms with Crippen LogP contribution in [0.1, 0.15) is 30.0 Å². The van der Waals surface area contributed by atoms with E-state index in [9.17, 15) is 0 Å². The van der Waals surface area contributed by atoms with Crippen LogP contribution in [0.15, 0.2) is 28.2 Å². The highest BCUT2D eigenvalue weighted by Gasteiger charge is 2.22. The number of hydrogen-bond donors (Lipinski definition) is 1. The van der Waals surface area contributed by atoms with Crippen LogP contribution in [0, 0.1) is 6.92 Å². The second-order valence-electron chi connectivity index (χ2n) is 4.10. The lowest BCUT2D eigenvalue weighted by Crippen LogP contribution is -2.32. The topological polar surface area (TPSA) is 43.8 Å². The van der Waals surface area contributed by atoms with Crippen LogP contribution in [0.5, 0.6) is 0 Å². The van der Waals surface area contributed by atoms with Crippen LogP contribution in [-0.4, -0.2) is 15.8 Å². The maximum Gasteiger partial charge on any atom is 0.101 e. The van der Waals surface area contributed by atoms with Crippen molar-refractivity contribution in [2.45, 2.75) is 32.4 Å². The van der Waals surface area contributed by atoms with Crippen molar-refractivity contribution in [3.8, 4) is 0 Å². The lowest BCUT2D eigenvalue weighted by molar-refractivity contribution is 0.428. The zero-order valence-electron chi connectivity index (χ0n) is 9.93. The van der Waals surface area contributed by atoms with Gasteiger partial charge in [0.1, 0.15) is 6.04 Å². The summed E-state index contributed by atoms with van der Waals surface area (Å²) < 4.78 is 3.10. The van der Waals surface area contributed by atoms with Gasteiger partial charge in [-0.1, -0.05) is 6.92 Å². The molecular formula is C12H16BrN3S. The van der Waals surface area contributed by atoms with Gasteiger partial charge >= 0.3 is 0 Å². The largest absolute Gasteiger partial charge is 0.326 e. The van der Waals surface area contributed by atoms with Gasteiger partial charge in [-0.15, -0.1) is 11.3 Å². The first kappa shape index (κ1) is 12.8. The van der Waals surface area contributed by atoms with E-state index in [1.54, 1.807) is 11.3 Å². The predicted molar refractivity (Wildman–Crippen MR) is 75.4 cm³/mol. The minimum atomic E-state index is 0.0832. The normalized spacial score (nSPS) is 14.8. The summed E-state index contributed by atoms with van der Waals surface area (Å²) in [6.45, 7) is 4.10. The van der Waals surface area contributed by atoms with Gasteiger partial charge in [0.2, 0.25) is 0 Å². The molecule has 0 spiro atoms. The molecule has 17 heavy (non-hydrogen) atoms. The molecule has 0 aliphatic carbocycles. The highest BCUT2D eigenvalue weighted by Crippen LogP contribution is 2.31. The van der Waals surface area contributed by atoms with Crippen LogP contribution >= 0.6 is 27.3 Å². The van der Waals surface area contributed by atoms with E-state index in [0.29, 0.717) is 0 Å². The molecule has 0 aliphatic heterocycles. The quantitative estimate of drug-likeness (QED) is 0.940.